The Labute approximate surface area is 269 Å². The molecule has 0 aliphatic heterocycles. The Morgan fingerprint density at radius 3 is 2.16 bits per heavy atom. The molecule has 1 unspecified atom stereocenters. The maximum atomic E-state index is 14.3. The molecule has 1 aliphatic carbocycles. The molecule has 1 atom stereocenters. The van der Waals surface area contributed by atoms with E-state index in [1.165, 1.54) is 17.0 Å². The second-order valence-electron chi connectivity index (χ2n) is 10.9. The van der Waals surface area contributed by atoms with Crippen LogP contribution in [0.15, 0.2) is 65.6 Å². The Kier molecular flexibility index (Phi) is 11.0. The van der Waals surface area contributed by atoms with Gasteiger partial charge in [-0.25, -0.2) is 8.42 Å². The van der Waals surface area contributed by atoms with E-state index in [0.717, 1.165) is 35.6 Å². The fourth-order valence-electron chi connectivity index (χ4n) is 5.39. The van der Waals surface area contributed by atoms with Crippen molar-refractivity contribution in [3.8, 4) is 0 Å². The van der Waals surface area contributed by atoms with Gasteiger partial charge in [0.25, 0.3) is 10.0 Å². The van der Waals surface area contributed by atoms with Crippen molar-refractivity contribution in [3.63, 3.8) is 0 Å². The van der Waals surface area contributed by atoms with Crippen molar-refractivity contribution >= 4 is 62.3 Å². The van der Waals surface area contributed by atoms with Crippen LogP contribution < -0.4 is 9.62 Å². The second-order valence-corrected chi connectivity index (χ2v) is 14.0. The molecular formula is C32H36Cl3N3O4S. The highest BCUT2D eigenvalue weighted by Crippen LogP contribution is 2.31. The van der Waals surface area contributed by atoms with Crippen molar-refractivity contribution < 1.29 is 18.0 Å². The fourth-order valence-corrected chi connectivity index (χ4v) is 7.61. The molecule has 0 radical (unpaired) electrons. The van der Waals surface area contributed by atoms with Crippen LogP contribution in [0.4, 0.5) is 5.69 Å². The molecule has 43 heavy (non-hydrogen) atoms. The number of aryl methyl sites for hydroxylation is 2. The molecule has 1 saturated carbocycles. The SMILES string of the molecule is CCC(C(=O)NC1CCCC1)N(Cc1c(Cl)cccc1Cl)C(=O)CN(c1ccc(Cl)cc1C)S(=O)(=O)c1ccc(C)cc1. The molecule has 1 fully saturated rings. The van der Waals surface area contributed by atoms with E-state index in [1.807, 2.05) is 13.8 Å². The summed E-state index contributed by atoms with van der Waals surface area (Å²) in [5.41, 5.74) is 2.24. The third-order valence-electron chi connectivity index (χ3n) is 7.79. The zero-order valence-electron chi connectivity index (χ0n) is 24.4. The van der Waals surface area contributed by atoms with Gasteiger partial charge in [0.1, 0.15) is 12.6 Å². The van der Waals surface area contributed by atoms with Crippen LogP contribution in [0.3, 0.4) is 0 Å². The number of rotatable bonds is 11. The van der Waals surface area contributed by atoms with Gasteiger partial charge in [0.05, 0.1) is 10.6 Å². The number of carbonyl (C=O) groups excluding carboxylic acids is 2. The lowest BCUT2D eigenvalue weighted by atomic mass is 10.1. The first-order valence-corrected chi connectivity index (χ1v) is 16.9. The van der Waals surface area contributed by atoms with Gasteiger partial charge in [0.15, 0.2) is 0 Å². The number of anilines is 1. The molecule has 0 heterocycles. The van der Waals surface area contributed by atoms with Crippen molar-refractivity contribution in [1.29, 1.82) is 0 Å². The Morgan fingerprint density at radius 1 is 0.953 bits per heavy atom. The van der Waals surface area contributed by atoms with Crippen molar-refractivity contribution in [1.82, 2.24) is 10.2 Å². The molecule has 0 aromatic heterocycles. The summed E-state index contributed by atoms with van der Waals surface area (Å²) in [5.74, 6) is -0.865. The van der Waals surface area contributed by atoms with Crippen molar-refractivity contribution in [2.75, 3.05) is 10.8 Å². The maximum Gasteiger partial charge on any atom is 0.264 e. The molecule has 1 aliphatic rings. The Hall–Kier alpha value is -2.78. The van der Waals surface area contributed by atoms with Crippen LogP contribution in [-0.4, -0.2) is 43.8 Å². The molecule has 0 saturated heterocycles. The molecule has 2 amide bonds. The van der Waals surface area contributed by atoms with E-state index in [-0.39, 0.29) is 23.4 Å². The van der Waals surface area contributed by atoms with E-state index in [4.69, 9.17) is 34.8 Å². The summed E-state index contributed by atoms with van der Waals surface area (Å²) < 4.78 is 29.3. The number of carbonyl (C=O) groups is 2. The summed E-state index contributed by atoms with van der Waals surface area (Å²) in [6, 6.07) is 15.4. The summed E-state index contributed by atoms with van der Waals surface area (Å²) in [6.45, 7) is 4.77. The third kappa shape index (κ3) is 7.85. The Balaban J connectivity index is 1.77. The first-order chi connectivity index (χ1) is 20.4. The lowest BCUT2D eigenvalue weighted by Crippen LogP contribution is -2.53. The Morgan fingerprint density at radius 2 is 1.58 bits per heavy atom. The zero-order valence-corrected chi connectivity index (χ0v) is 27.5. The zero-order chi connectivity index (χ0) is 31.3. The molecule has 7 nitrogen and oxygen atoms in total. The van der Waals surface area contributed by atoms with Crippen LogP contribution in [0, 0.1) is 13.8 Å². The number of hydrogen-bond donors (Lipinski definition) is 1. The average molecular weight is 665 g/mol. The summed E-state index contributed by atoms with van der Waals surface area (Å²) in [6.07, 6.45) is 4.13. The highest BCUT2D eigenvalue weighted by Gasteiger charge is 2.35. The molecule has 0 spiro atoms. The number of hydrogen-bond acceptors (Lipinski definition) is 4. The fraction of sp³-hybridized carbons (Fsp3) is 0.375. The molecule has 11 heteroatoms. The van der Waals surface area contributed by atoms with Crippen LogP contribution in [0.1, 0.15) is 55.7 Å². The number of nitrogens with zero attached hydrogens (tertiary/aromatic N) is 2. The number of sulfonamides is 1. The van der Waals surface area contributed by atoms with Gasteiger partial charge in [0, 0.05) is 33.2 Å². The van der Waals surface area contributed by atoms with E-state index in [2.05, 4.69) is 5.32 Å². The van der Waals surface area contributed by atoms with Crippen LogP contribution in [0.2, 0.25) is 15.1 Å². The van der Waals surface area contributed by atoms with Gasteiger partial charge < -0.3 is 10.2 Å². The molecular weight excluding hydrogens is 629 g/mol. The minimum Gasteiger partial charge on any atom is -0.352 e. The van der Waals surface area contributed by atoms with Gasteiger partial charge >= 0.3 is 0 Å². The minimum atomic E-state index is -4.21. The lowest BCUT2D eigenvalue weighted by Gasteiger charge is -2.34. The topological polar surface area (TPSA) is 86.8 Å². The van der Waals surface area contributed by atoms with Gasteiger partial charge in [-0.3, -0.25) is 13.9 Å². The molecule has 1 N–H and O–H groups in total. The number of amides is 2. The van der Waals surface area contributed by atoms with E-state index >= 15 is 0 Å². The normalized spacial score (nSPS) is 14.4. The predicted octanol–water partition coefficient (Wildman–Crippen LogP) is 7.33. The molecule has 3 aromatic carbocycles. The molecule has 0 bridgehead atoms. The second kappa shape index (κ2) is 14.3. The van der Waals surface area contributed by atoms with Crippen molar-refractivity contribution in [2.45, 2.75) is 76.4 Å². The van der Waals surface area contributed by atoms with Crippen LogP contribution in [-0.2, 0) is 26.2 Å². The number of nitrogens with one attached hydrogen (secondary N) is 1. The lowest BCUT2D eigenvalue weighted by molar-refractivity contribution is -0.140. The summed E-state index contributed by atoms with van der Waals surface area (Å²) >= 11 is 19.2. The van der Waals surface area contributed by atoms with Gasteiger partial charge in [-0.15, -0.1) is 0 Å². The smallest absolute Gasteiger partial charge is 0.264 e. The largest absolute Gasteiger partial charge is 0.352 e. The van der Waals surface area contributed by atoms with Gasteiger partial charge in [-0.2, -0.15) is 0 Å². The first kappa shape index (κ1) is 33.1. The van der Waals surface area contributed by atoms with Crippen LogP contribution in [0.5, 0.6) is 0 Å². The molecule has 230 valence electrons. The standard InChI is InChI=1S/C32H36Cl3N3O4S/c1-4-29(32(40)36-24-8-5-6-9-24)37(19-26-27(34)10-7-11-28(26)35)31(39)20-38(30-17-14-23(33)18-22(30)3)43(41,42)25-15-12-21(2)13-16-25/h7,10-18,24,29H,4-6,8-9,19-20H2,1-3H3,(H,36,40). The van der Waals surface area contributed by atoms with Gasteiger partial charge in [-0.05, 0) is 81.1 Å². The number of halogens is 3. The van der Waals surface area contributed by atoms with Gasteiger partial charge in [-0.1, -0.05) is 78.3 Å². The van der Waals surface area contributed by atoms with E-state index < -0.39 is 28.5 Å². The predicted molar refractivity (Wildman–Crippen MR) is 173 cm³/mol. The molecule has 4 rings (SSSR count). The summed E-state index contributed by atoms with van der Waals surface area (Å²) in [5, 5.41) is 4.22. The van der Waals surface area contributed by atoms with E-state index in [0.29, 0.717) is 38.3 Å². The number of benzene rings is 3. The Bertz CT molecular complexity index is 1550. The highest BCUT2D eigenvalue weighted by molar-refractivity contribution is 7.92. The van der Waals surface area contributed by atoms with Crippen molar-refractivity contribution in [3.05, 3.63) is 92.4 Å². The van der Waals surface area contributed by atoms with Gasteiger partial charge in [0.2, 0.25) is 11.8 Å². The highest BCUT2D eigenvalue weighted by atomic mass is 35.5. The third-order valence-corrected chi connectivity index (χ3v) is 10.5. The minimum absolute atomic E-state index is 0.0342. The average Bonchev–Trinajstić information content (AvgIpc) is 3.46. The van der Waals surface area contributed by atoms with Crippen LogP contribution in [0.25, 0.3) is 0 Å². The van der Waals surface area contributed by atoms with E-state index in [9.17, 15) is 18.0 Å². The monoisotopic (exact) mass is 663 g/mol. The summed E-state index contributed by atoms with van der Waals surface area (Å²) in [7, 11) is -4.21. The van der Waals surface area contributed by atoms with Crippen LogP contribution >= 0.6 is 34.8 Å². The first-order valence-electron chi connectivity index (χ1n) is 14.3. The quantitative estimate of drug-likeness (QED) is 0.233. The van der Waals surface area contributed by atoms with Crippen molar-refractivity contribution in [2.24, 2.45) is 0 Å². The molecule has 3 aromatic rings. The van der Waals surface area contributed by atoms with E-state index in [1.54, 1.807) is 55.5 Å². The summed E-state index contributed by atoms with van der Waals surface area (Å²) in [4.78, 5) is 29.4. The maximum absolute atomic E-state index is 14.3.